The highest BCUT2D eigenvalue weighted by atomic mass is 15.0. The standard InChI is InChI=1S/C10H22N2/c1-3-9-5-4-6-10(7-9,8-11)12-2/h9,12H,3-8,11H2,1-2H3. The lowest BCUT2D eigenvalue weighted by Gasteiger charge is -2.40. The summed E-state index contributed by atoms with van der Waals surface area (Å²) in [6.07, 6.45) is 6.59. The molecular formula is C10H22N2. The molecular weight excluding hydrogens is 148 g/mol. The molecule has 0 bridgehead atoms. The van der Waals surface area contributed by atoms with Crippen molar-refractivity contribution in [1.29, 1.82) is 0 Å². The Bertz CT molecular complexity index is 130. The van der Waals surface area contributed by atoms with Crippen LogP contribution in [0.2, 0.25) is 0 Å². The molecule has 1 aliphatic carbocycles. The second kappa shape index (κ2) is 4.24. The van der Waals surface area contributed by atoms with Crippen LogP contribution in [0.1, 0.15) is 39.0 Å². The molecule has 0 spiro atoms. The minimum atomic E-state index is 0.263. The number of hydrogen-bond donors (Lipinski definition) is 2. The molecule has 2 heteroatoms. The summed E-state index contributed by atoms with van der Waals surface area (Å²) in [4.78, 5) is 0. The number of rotatable bonds is 3. The van der Waals surface area contributed by atoms with Crippen LogP contribution in [0.25, 0.3) is 0 Å². The third-order valence-electron chi connectivity index (χ3n) is 3.45. The van der Waals surface area contributed by atoms with Gasteiger partial charge in [-0.25, -0.2) is 0 Å². The SMILES string of the molecule is CCC1CCCC(CN)(NC)C1. The number of nitrogens with one attached hydrogen (secondary N) is 1. The summed E-state index contributed by atoms with van der Waals surface area (Å²) in [5, 5.41) is 3.41. The van der Waals surface area contributed by atoms with E-state index in [1.807, 2.05) is 7.05 Å². The van der Waals surface area contributed by atoms with Gasteiger partial charge in [0.15, 0.2) is 0 Å². The van der Waals surface area contributed by atoms with Gasteiger partial charge in [-0.2, -0.15) is 0 Å². The second-order valence-corrected chi connectivity index (χ2v) is 4.11. The van der Waals surface area contributed by atoms with Gasteiger partial charge >= 0.3 is 0 Å². The molecule has 0 saturated heterocycles. The van der Waals surface area contributed by atoms with E-state index in [1.165, 1.54) is 32.1 Å². The molecule has 1 aliphatic rings. The van der Waals surface area contributed by atoms with Crippen molar-refractivity contribution < 1.29 is 0 Å². The summed E-state index contributed by atoms with van der Waals surface area (Å²) in [6, 6.07) is 0. The monoisotopic (exact) mass is 170 g/mol. The maximum atomic E-state index is 5.80. The number of nitrogens with two attached hydrogens (primary N) is 1. The van der Waals surface area contributed by atoms with Crippen LogP contribution >= 0.6 is 0 Å². The third-order valence-corrected chi connectivity index (χ3v) is 3.45. The molecule has 0 amide bonds. The molecule has 0 heterocycles. The minimum Gasteiger partial charge on any atom is -0.329 e. The Morgan fingerprint density at radius 3 is 2.83 bits per heavy atom. The Kier molecular flexibility index (Phi) is 3.53. The van der Waals surface area contributed by atoms with Gasteiger partial charge in [-0.05, 0) is 25.8 Å². The molecule has 0 aromatic carbocycles. The summed E-state index contributed by atoms with van der Waals surface area (Å²) >= 11 is 0. The van der Waals surface area contributed by atoms with E-state index in [-0.39, 0.29) is 5.54 Å². The van der Waals surface area contributed by atoms with Crippen molar-refractivity contribution in [1.82, 2.24) is 5.32 Å². The van der Waals surface area contributed by atoms with E-state index in [0.29, 0.717) is 0 Å². The highest BCUT2D eigenvalue weighted by Crippen LogP contribution is 2.33. The van der Waals surface area contributed by atoms with Gasteiger partial charge in [0.2, 0.25) is 0 Å². The van der Waals surface area contributed by atoms with Gasteiger partial charge in [0, 0.05) is 12.1 Å². The van der Waals surface area contributed by atoms with E-state index < -0.39 is 0 Å². The fraction of sp³-hybridized carbons (Fsp3) is 1.00. The first-order valence-electron chi connectivity index (χ1n) is 5.15. The lowest BCUT2D eigenvalue weighted by atomic mass is 9.75. The van der Waals surface area contributed by atoms with Crippen molar-refractivity contribution in [3.8, 4) is 0 Å². The van der Waals surface area contributed by atoms with Crippen LogP contribution in [0.4, 0.5) is 0 Å². The molecule has 0 aliphatic heterocycles. The van der Waals surface area contributed by atoms with Crippen LogP contribution in [0.3, 0.4) is 0 Å². The maximum Gasteiger partial charge on any atom is 0.0303 e. The molecule has 3 N–H and O–H groups in total. The Labute approximate surface area is 75.9 Å². The van der Waals surface area contributed by atoms with Crippen LogP contribution in [-0.2, 0) is 0 Å². The molecule has 1 saturated carbocycles. The highest BCUT2D eigenvalue weighted by molar-refractivity contribution is 4.93. The van der Waals surface area contributed by atoms with Crippen LogP contribution < -0.4 is 11.1 Å². The molecule has 0 aromatic heterocycles. The Balaban J connectivity index is 2.52. The molecule has 2 nitrogen and oxygen atoms in total. The topological polar surface area (TPSA) is 38.0 Å². The Hall–Kier alpha value is -0.0800. The predicted octanol–water partition coefficient (Wildman–Crippen LogP) is 1.50. The molecule has 1 rings (SSSR count). The van der Waals surface area contributed by atoms with E-state index in [1.54, 1.807) is 0 Å². The van der Waals surface area contributed by atoms with Crippen LogP contribution in [-0.4, -0.2) is 19.1 Å². The van der Waals surface area contributed by atoms with Crippen molar-refractivity contribution in [3.63, 3.8) is 0 Å². The van der Waals surface area contributed by atoms with Gasteiger partial charge in [-0.1, -0.05) is 26.2 Å². The largest absolute Gasteiger partial charge is 0.329 e. The van der Waals surface area contributed by atoms with Crippen molar-refractivity contribution in [2.45, 2.75) is 44.6 Å². The summed E-state index contributed by atoms with van der Waals surface area (Å²) < 4.78 is 0. The number of likely N-dealkylation sites (N-methyl/N-ethyl adjacent to an activating group) is 1. The quantitative estimate of drug-likeness (QED) is 0.673. The highest BCUT2D eigenvalue weighted by Gasteiger charge is 2.32. The fourth-order valence-corrected chi connectivity index (χ4v) is 2.35. The van der Waals surface area contributed by atoms with Gasteiger partial charge in [0.25, 0.3) is 0 Å². The van der Waals surface area contributed by atoms with Gasteiger partial charge in [-0.15, -0.1) is 0 Å². The minimum absolute atomic E-state index is 0.263. The van der Waals surface area contributed by atoms with Crippen LogP contribution in [0.15, 0.2) is 0 Å². The average molecular weight is 170 g/mol. The molecule has 1 fully saturated rings. The first-order chi connectivity index (χ1) is 5.76. The van der Waals surface area contributed by atoms with Crippen LogP contribution in [0.5, 0.6) is 0 Å². The number of hydrogen-bond acceptors (Lipinski definition) is 2. The summed E-state index contributed by atoms with van der Waals surface area (Å²) in [5.41, 5.74) is 6.07. The molecule has 2 unspecified atom stereocenters. The van der Waals surface area contributed by atoms with Crippen LogP contribution in [0, 0.1) is 5.92 Å². The van der Waals surface area contributed by atoms with Crippen molar-refractivity contribution >= 4 is 0 Å². The van der Waals surface area contributed by atoms with Gasteiger partial charge in [0.05, 0.1) is 0 Å². The van der Waals surface area contributed by atoms with Gasteiger partial charge in [0.1, 0.15) is 0 Å². The Morgan fingerprint density at radius 2 is 2.33 bits per heavy atom. The summed E-state index contributed by atoms with van der Waals surface area (Å²) in [7, 11) is 2.05. The normalized spacial score (nSPS) is 36.8. The molecule has 0 radical (unpaired) electrons. The first kappa shape index (κ1) is 10.0. The summed E-state index contributed by atoms with van der Waals surface area (Å²) in [5.74, 6) is 0.898. The lowest BCUT2D eigenvalue weighted by molar-refractivity contribution is 0.191. The molecule has 72 valence electrons. The van der Waals surface area contributed by atoms with E-state index in [9.17, 15) is 0 Å². The fourth-order valence-electron chi connectivity index (χ4n) is 2.35. The smallest absolute Gasteiger partial charge is 0.0303 e. The van der Waals surface area contributed by atoms with Gasteiger partial charge in [-0.3, -0.25) is 0 Å². The van der Waals surface area contributed by atoms with E-state index in [4.69, 9.17) is 5.73 Å². The van der Waals surface area contributed by atoms with Crippen molar-refractivity contribution in [3.05, 3.63) is 0 Å². The predicted molar refractivity (Wildman–Crippen MR) is 53.1 cm³/mol. The van der Waals surface area contributed by atoms with E-state index >= 15 is 0 Å². The second-order valence-electron chi connectivity index (χ2n) is 4.11. The van der Waals surface area contributed by atoms with E-state index in [0.717, 1.165) is 12.5 Å². The van der Waals surface area contributed by atoms with Gasteiger partial charge < -0.3 is 11.1 Å². The Morgan fingerprint density at radius 1 is 1.58 bits per heavy atom. The zero-order chi connectivity index (χ0) is 9.03. The molecule has 0 aromatic rings. The van der Waals surface area contributed by atoms with Crippen molar-refractivity contribution in [2.75, 3.05) is 13.6 Å². The molecule has 12 heavy (non-hydrogen) atoms. The third kappa shape index (κ3) is 1.99. The average Bonchev–Trinajstić information content (AvgIpc) is 2.18. The lowest BCUT2D eigenvalue weighted by Crippen LogP contribution is -2.52. The van der Waals surface area contributed by atoms with Crippen molar-refractivity contribution in [2.24, 2.45) is 11.7 Å². The van der Waals surface area contributed by atoms with E-state index in [2.05, 4.69) is 12.2 Å². The maximum absolute atomic E-state index is 5.80. The molecule has 2 atom stereocenters. The zero-order valence-electron chi connectivity index (χ0n) is 8.40. The first-order valence-corrected chi connectivity index (χ1v) is 5.15. The summed E-state index contributed by atoms with van der Waals surface area (Å²) in [6.45, 7) is 3.08. The zero-order valence-corrected chi connectivity index (χ0v) is 8.40.